The van der Waals surface area contributed by atoms with Crippen molar-refractivity contribution in [3.63, 3.8) is 0 Å². The van der Waals surface area contributed by atoms with Crippen LogP contribution >= 0.6 is 0 Å². The van der Waals surface area contributed by atoms with Crippen LogP contribution in [0.15, 0.2) is 24.3 Å². The number of ether oxygens (including phenoxy) is 1. The first-order chi connectivity index (χ1) is 7.58. The average Bonchev–Trinajstić information content (AvgIpc) is 2.94. The SMILES string of the molecule is CCOc1ccc([C@@H]2C[C@@]2(N)C(=O)O)cc1. The monoisotopic (exact) mass is 221 g/mol. The lowest BCUT2D eigenvalue weighted by atomic mass is 10.1. The molecule has 0 saturated heterocycles. The summed E-state index contributed by atoms with van der Waals surface area (Å²) >= 11 is 0. The fourth-order valence-corrected chi connectivity index (χ4v) is 1.89. The van der Waals surface area contributed by atoms with E-state index in [4.69, 9.17) is 15.6 Å². The zero-order valence-corrected chi connectivity index (χ0v) is 9.14. The third-order valence-electron chi connectivity index (χ3n) is 3.00. The van der Waals surface area contributed by atoms with Crippen LogP contribution in [0.25, 0.3) is 0 Å². The number of hydrogen-bond donors (Lipinski definition) is 2. The van der Waals surface area contributed by atoms with Crippen LogP contribution in [0, 0.1) is 0 Å². The second-order valence-electron chi connectivity index (χ2n) is 4.10. The highest BCUT2D eigenvalue weighted by Crippen LogP contribution is 2.49. The first-order valence-electron chi connectivity index (χ1n) is 5.33. The largest absolute Gasteiger partial charge is 0.494 e. The Labute approximate surface area is 94.0 Å². The van der Waals surface area contributed by atoms with Crippen LogP contribution in [0.5, 0.6) is 5.75 Å². The van der Waals surface area contributed by atoms with Crippen molar-refractivity contribution in [2.24, 2.45) is 5.73 Å². The number of carboxylic acids is 1. The predicted octanol–water partition coefficient (Wildman–Crippen LogP) is 1.35. The van der Waals surface area contributed by atoms with Crippen LogP contribution in [0.4, 0.5) is 0 Å². The number of hydrogen-bond acceptors (Lipinski definition) is 3. The molecule has 16 heavy (non-hydrogen) atoms. The molecule has 0 spiro atoms. The molecular weight excluding hydrogens is 206 g/mol. The molecule has 0 unspecified atom stereocenters. The van der Waals surface area contributed by atoms with Gasteiger partial charge in [0.05, 0.1) is 6.61 Å². The molecule has 1 aromatic carbocycles. The van der Waals surface area contributed by atoms with Gasteiger partial charge in [0.25, 0.3) is 0 Å². The van der Waals surface area contributed by atoms with E-state index in [1.165, 1.54) is 0 Å². The van der Waals surface area contributed by atoms with E-state index in [-0.39, 0.29) is 5.92 Å². The van der Waals surface area contributed by atoms with Crippen molar-refractivity contribution in [3.05, 3.63) is 29.8 Å². The van der Waals surface area contributed by atoms with E-state index < -0.39 is 11.5 Å². The van der Waals surface area contributed by atoms with Gasteiger partial charge in [-0.05, 0) is 31.0 Å². The Bertz CT molecular complexity index is 401. The molecule has 2 atom stereocenters. The van der Waals surface area contributed by atoms with Crippen molar-refractivity contribution in [2.75, 3.05) is 6.61 Å². The number of nitrogens with two attached hydrogens (primary N) is 1. The van der Waals surface area contributed by atoms with Crippen LogP contribution < -0.4 is 10.5 Å². The summed E-state index contributed by atoms with van der Waals surface area (Å²) in [7, 11) is 0. The topological polar surface area (TPSA) is 72.5 Å². The minimum absolute atomic E-state index is 0.0688. The van der Waals surface area contributed by atoms with Gasteiger partial charge in [0.1, 0.15) is 11.3 Å². The van der Waals surface area contributed by atoms with Crippen LogP contribution in [0.3, 0.4) is 0 Å². The molecule has 1 saturated carbocycles. The maximum Gasteiger partial charge on any atom is 0.324 e. The Morgan fingerprint density at radius 1 is 1.56 bits per heavy atom. The fraction of sp³-hybridized carbons (Fsp3) is 0.417. The highest BCUT2D eigenvalue weighted by atomic mass is 16.5. The van der Waals surface area contributed by atoms with Gasteiger partial charge in [-0.1, -0.05) is 12.1 Å². The van der Waals surface area contributed by atoms with Crippen molar-refractivity contribution in [1.82, 2.24) is 0 Å². The summed E-state index contributed by atoms with van der Waals surface area (Å²) in [6.07, 6.45) is 0.510. The summed E-state index contributed by atoms with van der Waals surface area (Å²) in [5.41, 5.74) is 5.64. The van der Waals surface area contributed by atoms with Crippen molar-refractivity contribution in [1.29, 1.82) is 0 Å². The second kappa shape index (κ2) is 3.79. The van der Waals surface area contributed by atoms with E-state index >= 15 is 0 Å². The van der Waals surface area contributed by atoms with Crippen molar-refractivity contribution < 1.29 is 14.6 Å². The van der Waals surface area contributed by atoms with Crippen molar-refractivity contribution in [3.8, 4) is 5.75 Å². The van der Waals surface area contributed by atoms with Crippen molar-refractivity contribution >= 4 is 5.97 Å². The number of carbonyl (C=O) groups is 1. The van der Waals surface area contributed by atoms with Crippen molar-refractivity contribution in [2.45, 2.75) is 24.8 Å². The van der Waals surface area contributed by atoms with Gasteiger partial charge in [0, 0.05) is 5.92 Å². The lowest BCUT2D eigenvalue weighted by Gasteiger charge is -2.07. The molecule has 4 nitrogen and oxygen atoms in total. The lowest BCUT2D eigenvalue weighted by Crippen LogP contribution is -2.34. The highest BCUT2D eigenvalue weighted by Gasteiger charge is 2.58. The molecule has 3 N–H and O–H groups in total. The molecular formula is C12H15NO3. The normalized spacial score (nSPS) is 27.5. The summed E-state index contributed by atoms with van der Waals surface area (Å²) in [6.45, 7) is 2.54. The smallest absolute Gasteiger partial charge is 0.324 e. The van der Waals surface area contributed by atoms with Gasteiger partial charge in [0.15, 0.2) is 0 Å². The van der Waals surface area contributed by atoms with E-state index in [2.05, 4.69) is 0 Å². The second-order valence-corrected chi connectivity index (χ2v) is 4.10. The first kappa shape index (κ1) is 11.0. The van der Waals surface area contributed by atoms with Gasteiger partial charge in [-0.25, -0.2) is 0 Å². The first-order valence-corrected chi connectivity index (χ1v) is 5.33. The van der Waals surface area contributed by atoms with E-state index in [0.29, 0.717) is 13.0 Å². The number of rotatable bonds is 4. The third kappa shape index (κ3) is 1.76. The predicted molar refractivity (Wildman–Crippen MR) is 59.5 cm³/mol. The zero-order chi connectivity index (χ0) is 11.8. The Morgan fingerprint density at radius 3 is 2.62 bits per heavy atom. The quantitative estimate of drug-likeness (QED) is 0.805. The van der Waals surface area contributed by atoms with Gasteiger partial charge in [-0.2, -0.15) is 0 Å². The Kier molecular flexibility index (Phi) is 2.59. The summed E-state index contributed by atoms with van der Waals surface area (Å²) in [4.78, 5) is 10.9. The molecule has 1 fully saturated rings. The minimum Gasteiger partial charge on any atom is -0.494 e. The molecule has 2 rings (SSSR count). The van der Waals surface area contributed by atoms with E-state index in [1.54, 1.807) is 0 Å². The molecule has 0 heterocycles. The van der Waals surface area contributed by atoms with Gasteiger partial charge in [0.2, 0.25) is 0 Å². The van der Waals surface area contributed by atoms with Gasteiger partial charge < -0.3 is 15.6 Å². The van der Waals surface area contributed by atoms with Crippen LogP contribution in [-0.4, -0.2) is 23.2 Å². The highest BCUT2D eigenvalue weighted by molar-refractivity contribution is 5.84. The average molecular weight is 221 g/mol. The Balaban J connectivity index is 2.10. The van der Waals surface area contributed by atoms with E-state index in [0.717, 1.165) is 11.3 Å². The molecule has 86 valence electrons. The minimum atomic E-state index is -1.06. The molecule has 1 aromatic rings. The summed E-state index contributed by atoms with van der Waals surface area (Å²) < 4.78 is 5.31. The van der Waals surface area contributed by atoms with Crippen LogP contribution in [-0.2, 0) is 4.79 Å². The summed E-state index contributed by atoms with van der Waals surface area (Å²) in [6, 6.07) is 7.46. The molecule has 0 bridgehead atoms. The Morgan fingerprint density at radius 2 is 2.19 bits per heavy atom. The maximum atomic E-state index is 10.9. The molecule has 1 aliphatic rings. The van der Waals surface area contributed by atoms with Gasteiger partial charge >= 0.3 is 5.97 Å². The maximum absolute atomic E-state index is 10.9. The van der Waals surface area contributed by atoms with Crippen LogP contribution in [0.2, 0.25) is 0 Å². The van der Waals surface area contributed by atoms with Crippen LogP contribution in [0.1, 0.15) is 24.8 Å². The molecule has 4 heteroatoms. The molecule has 0 amide bonds. The third-order valence-corrected chi connectivity index (χ3v) is 3.00. The summed E-state index contributed by atoms with van der Waals surface area (Å²) in [5.74, 6) is -0.197. The van der Waals surface area contributed by atoms with Gasteiger partial charge in [-0.15, -0.1) is 0 Å². The standard InChI is InChI=1S/C12H15NO3/c1-2-16-9-5-3-8(4-6-9)10-7-12(10,13)11(14)15/h3-6,10H,2,7,13H2,1H3,(H,14,15)/t10-,12-/m0/s1. The number of carboxylic acid groups (broad SMARTS) is 1. The zero-order valence-electron chi connectivity index (χ0n) is 9.14. The molecule has 1 aliphatic carbocycles. The van der Waals surface area contributed by atoms with Gasteiger partial charge in [-0.3, -0.25) is 4.79 Å². The van der Waals surface area contributed by atoms with E-state index in [1.807, 2.05) is 31.2 Å². The number of benzene rings is 1. The lowest BCUT2D eigenvalue weighted by molar-refractivity contribution is -0.139. The molecule has 0 radical (unpaired) electrons. The number of aliphatic carboxylic acids is 1. The molecule has 0 aromatic heterocycles. The van der Waals surface area contributed by atoms with E-state index in [9.17, 15) is 4.79 Å². The summed E-state index contributed by atoms with van der Waals surface area (Å²) in [5, 5.41) is 8.93. The fourth-order valence-electron chi connectivity index (χ4n) is 1.89. The Hall–Kier alpha value is -1.55. The molecule has 0 aliphatic heterocycles.